The van der Waals surface area contributed by atoms with E-state index in [0.717, 1.165) is 59.7 Å². The van der Waals surface area contributed by atoms with Crippen LogP contribution in [-0.2, 0) is 6.61 Å². The molecule has 44 heavy (non-hydrogen) atoms. The number of H-pyrrole nitrogens is 1. The summed E-state index contributed by atoms with van der Waals surface area (Å²) < 4.78 is 17.5. The fourth-order valence-electron chi connectivity index (χ4n) is 7.30. The molecule has 238 valence electrons. The first-order valence-corrected chi connectivity index (χ1v) is 15.8. The number of furan rings is 1. The Balaban J connectivity index is 0.00000192. The quantitative estimate of drug-likeness (QED) is 0.210. The molecule has 7 rings (SSSR count). The van der Waals surface area contributed by atoms with Crippen LogP contribution in [0.15, 0.2) is 53.1 Å². The molecule has 2 atom stereocenters. The molecule has 3 aliphatic heterocycles. The Morgan fingerprint density at radius 1 is 0.977 bits per heavy atom. The molecule has 3 saturated heterocycles. The molecule has 0 saturated carbocycles. The number of amides is 1. The number of carbonyl (C=O) groups excluding carboxylic acids is 1. The molecule has 2 aromatic carbocycles. The van der Waals surface area contributed by atoms with Crippen molar-refractivity contribution in [2.45, 2.75) is 63.6 Å². The second kappa shape index (κ2) is 14.6. The third-order valence-electron chi connectivity index (χ3n) is 9.45. The van der Waals surface area contributed by atoms with Crippen molar-refractivity contribution in [3.63, 3.8) is 0 Å². The van der Waals surface area contributed by atoms with Gasteiger partial charge in [-0.1, -0.05) is 36.2 Å². The highest BCUT2D eigenvalue weighted by Gasteiger charge is 2.34. The van der Waals surface area contributed by atoms with E-state index in [1.54, 1.807) is 12.3 Å². The van der Waals surface area contributed by atoms with Crippen molar-refractivity contribution in [1.29, 1.82) is 0 Å². The van der Waals surface area contributed by atoms with Gasteiger partial charge in [0.05, 0.1) is 16.8 Å². The number of fused-ring (bicyclic) bond motifs is 3. The van der Waals surface area contributed by atoms with E-state index in [-0.39, 0.29) is 30.9 Å². The summed E-state index contributed by atoms with van der Waals surface area (Å²) in [5.41, 5.74) is 2.41. The van der Waals surface area contributed by atoms with Gasteiger partial charge in [0.15, 0.2) is 5.58 Å². The predicted molar refractivity (Wildman–Crippen MR) is 179 cm³/mol. The van der Waals surface area contributed by atoms with Crippen molar-refractivity contribution in [1.82, 2.24) is 20.1 Å². The van der Waals surface area contributed by atoms with E-state index in [4.69, 9.17) is 25.5 Å². The van der Waals surface area contributed by atoms with Crippen LogP contribution in [0, 0.1) is 5.92 Å². The summed E-state index contributed by atoms with van der Waals surface area (Å²) in [7, 11) is 0. The number of nitrogens with zero attached hydrogens (tertiary/aromatic N) is 2. The van der Waals surface area contributed by atoms with Crippen molar-refractivity contribution in [3.05, 3.63) is 59.3 Å². The second-order valence-corrected chi connectivity index (χ2v) is 12.5. The average Bonchev–Trinajstić information content (AvgIpc) is 3.62. The molecule has 4 aromatic rings. The molecule has 1 amide bonds. The van der Waals surface area contributed by atoms with E-state index in [1.807, 2.05) is 36.4 Å². The molecule has 0 spiro atoms. The zero-order chi connectivity index (χ0) is 28.5. The first kappa shape index (κ1) is 32.8. The minimum atomic E-state index is -0.422. The molecule has 0 aliphatic carbocycles. The Kier molecular flexibility index (Phi) is 10.9. The van der Waals surface area contributed by atoms with Gasteiger partial charge in [-0.2, -0.15) is 0 Å². The van der Waals surface area contributed by atoms with Crippen molar-refractivity contribution in [2.75, 3.05) is 32.7 Å². The van der Waals surface area contributed by atoms with Gasteiger partial charge in [0.25, 0.3) is 0 Å². The van der Waals surface area contributed by atoms with Crippen LogP contribution in [0.2, 0.25) is 5.02 Å². The summed E-state index contributed by atoms with van der Waals surface area (Å²) in [6.45, 7) is 6.16. The van der Waals surface area contributed by atoms with Crippen molar-refractivity contribution in [2.24, 2.45) is 5.92 Å². The number of hydrogen-bond acceptors (Lipinski definition) is 6. The monoisotopic (exact) mass is 662 g/mol. The van der Waals surface area contributed by atoms with Crippen LogP contribution in [0.25, 0.3) is 21.9 Å². The number of aromatic amines is 1. The number of hydrogen-bond donors (Lipinski definition) is 2. The number of benzene rings is 2. The lowest BCUT2D eigenvalue weighted by molar-refractivity contribution is 0.0353. The molecule has 8 nitrogen and oxygen atoms in total. The summed E-state index contributed by atoms with van der Waals surface area (Å²) in [5.74, 6) is 1.88. The fraction of sp³-hybridized carbons (Fsp3) is 0.485. The molecule has 0 bridgehead atoms. The number of nitrogens with one attached hydrogen (secondary N) is 2. The zero-order valence-electron chi connectivity index (χ0n) is 24.8. The van der Waals surface area contributed by atoms with Crippen molar-refractivity contribution >= 4 is 64.4 Å². The molecular weight excluding hydrogens is 623 g/mol. The largest absolute Gasteiger partial charge is 0.488 e. The maximum absolute atomic E-state index is 12.8. The van der Waals surface area contributed by atoms with E-state index >= 15 is 0 Å². The first-order valence-electron chi connectivity index (χ1n) is 15.4. The summed E-state index contributed by atoms with van der Waals surface area (Å²) in [6.07, 6.45) is 9.97. The Morgan fingerprint density at radius 2 is 1.80 bits per heavy atom. The van der Waals surface area contributed by atoms with E-state index in [1.165, 1.54) is 51.7 Å². The summed E-state index contributed by atoms with van der Waals surface area (Å²) in [4.78, 5) is 21.4. The summed E-state index contributed by atoms with van der Waals surface area (Å²) >= 11 is 6.25. The standard InChI is InChI=1S/C33H39ClN4O4.2ClH/c34-27-8-3-7-25-23(21-41-32(25)27)20-40-30-11-4-9-28-26(30)18-31(36-28)42-33(39)35-24-12-16-37(17-13-24)19-22-6-5-15-38-14-2-1-10-29(22)38;;/h3-4,7-9,11,18,21-22,24,29,36H,1-2,5-6,10,12-17,19-20H2,(H,35,39);2*1H/t22-,29+;;/m0../s1. The molecular formula is C33H41Cl3N4O4. The fourth-order valence-corrected chi connectivity index (χ4v) is 7.52. The minimum absolute atomic E-state index is 0. The van der Waals surface area contributed by atoms with Gasteiger partial charge in [0.2, 0.25) is 5.88 Å². The Bertz CT molecular complexity index is 1550. The highest BCUT2D eigenvalue weighted by molar-refractivity contribution is 6.34. The first-order chi connectivity index (χ1) is 20.6. The number of piperidine rings is 3. The van der Waals surface area contributed by atoms with E-state index in [2.05, 4.69) is 20.1 Å². The van der Waals surface area contributed by atoms with Gasteiger partial charge in [-0.3, -0.25) is 0 Å². The highest BCUT2D eigenvalue weighted by Crippen LogP contribution is 2.34. The Morgan fingerprint density at radius 3 is 2.66 bits per heavy atom. The maximum atomic E-state index is 12.8. The smallest absolute Gasteiger partial charge is 0.414 e. The van der Waals surface area contributed by atoms with Gasteiger partial charge < -0.3 is 34.0 Å². The molecule has 3 fully saturated rings. The van der Waals surface area contributed by atoms with Gasteiger partial charge in [0.1, 0.15) is 12.4 Å². The predicted octanol–water partition coefficient (Wildman–Crippen LogP) is 7.81. The van der Waals surface area contributed by atoms with Crippen LogP contribution in [0.4, 0.5) is 4.79 Å². The third-order valence-corrected chi connectivity index (χ3v) is 9.75. The van der Waals surface area contributed by atoms with Crippen molar-refractivity contribution in [3.8, 4) is 11.6 Å². The van der Waals surface area contributed by atoms with Crippen molar-refractivity contribution < 1.29 is 18.7 Å². The second-order valence-electron chi connectivity index (χ2n) is 12.1. The number of para-hydroxylation sites is 1. The van der Waals surface area contributed by atoms with Crippen LogP contribution in [0.3, 0.4) is 0 Å². The molecule has 11 heteroatoms. The van der Waals surface area contributed by atoms with Gasteiger partial charge >= 0.3 is 6.09 Å². The lowest BCUT2D eigenvalue weighted by atomic mass is 9.83. The van der Waals surface area contributed by atoms with Gasteiger partial charge in [-0.05, 0) is 75.7 Å². The van der Waals surface area contributed by atoms with Gasteiger partial charge in [-0.25, -0.2) is 4.79 Å². The lowest BCUT2D eigenvalue weighted by Crippen LogP contribution is -2.52. The SMILES string of the molecule is Cl.Cl.O=C(NC1CCN(C[C@@H]2CCCN3CCCC[C@H]23)CC1)Oc1cc2c(OCc3coc4c(Cl)cccc34)cccc2[nH]1. The average molecular weight is 664 g/mol. The number of ether oxygens (including phenoxy) is 2. The third kappa shape index (κ3) is 7.10. The molecule has 2 N–H and O–H groups in total. The topological polar surface area (TPSA) is 83.0 Å². The molecule has 0 unspecified atom stereocenters. The maximum Gasteiger partial charge on any atom is 0.414 e. The van der Waals surface area contributed by atoms with E-state index in [9.17, 15) is 4.79 Å². The number of halogens is 3. The number of likely N-dealkylation sites (tertiary alicyclic amines) is 1. The van der Waals surface area contributed by atoms with Crippen LogP contribution < -0.4 is 14.8 Å². The zero-order valence-corrected chi connectivity index (χ0v) is 27.2. The molecule has 3 aliphatic rings. The van der Waals surface area contributed by atoms with Gasteiger partial charge in [0, 0.05) is 54.1 Å². The van der Waals surface area contributed by atoms with Crippen LogP contribution >= 0.6 is 36.4 Å². The number of rotatable bonds is 7. The van der Waals surface area contributed by atoms with Gasteiger partial charge in [-0.15, -0.1) is 24.8 Å². The van der Waals surface area contributed by atoms with Crippen LogP contribution in [0.5, 0.6) is 11.6 Å². The summed E-state index contributed by atoms with van der Waals surface area (Å²) in [6, 6.07) is 14.2. The Hall–Kier alpha value is -2.62. The van der Waals surface area contributed by atoms with E-state index < -0.39 is 6.09 Å². The molecule has 5 heterocycles. The lowest BCUT2D eigenvalue weighted by Gasteiger charge is -2.46. The highest BCUT2D eigenvalue weighted by atomic mass is 35.5. The van der Waals surface area contributed by atoms with Crippen LogP contribution in [-0.4, -0.2) is 65.7 Å². The molecule has 2 aromatic heterocycles. The summed E-state index contributed by atoms with van der Waals surface area (Å²) in [5, 5.41) is 5.45. The molecule has 0 radical (unpaired) electrons. The normalized spacial score (nSPS) is 21.3. The Labute approximate surface area is 275 Å². The number of aromatic nitrogens is 1. The number of carbonyl (C=O) groups is 1. The minimum Gasteiger partial charge on any atom is -0.488 e. The van der Waals surface area contributed by atoms with E-state index in [0.29, 0.717) is 28.8 Å². The van der Waals surface area contributed by atoms with Crippen LogP contribution in [0.1, 0.15) is 50.5 Å².